The van der Waals surface area contributed by atoms with Crippen LogP contribution in [0, 0.1) is 6.92 Å². The second-order valence-corrected chi connectivity index (χ2v) is 5.75. The zero-order valence-electron chi connectivity index (χ0n) is 13.0. The first-order chi connectivity index (χ1) is 11.1. The molecular formula is C17H19N3O3. The Hall–Kier alpha value is -2.63. The van der Waals surface area contributed by atoms with Crippen molar-refractivity contribution >= 4 is 11.8 Å². The van der Waals surface area contributed by atoms with Gasteiger partial charge in [0.2, 0.25) is 0 Å². The van der Waals surface area contributed by atoms with Gasteiger partial charge in [-0.25, -0.2) is 0 Å². The van der Waals surface area contributed by atoms with Gasteiger partial charge in [-0.05, 0) is 31.9 Å². The van der Waals surface area contributed by atoms with E-state index >= 15 is 0 Å². The molecular weight excluding hydrogens is 294 g/mol. The summed E-state index contributed by atoms with van der Waals surface area (Å²) in [5.41, 5.74) is 0.945. The minimum absolute atomic E-state index is 0.00169. The highest BCUT2D eigenvalue weighted by Gasteiger charge is 2.26. The molecule has 1 aliphatic rings. The molecule has 6 heteroatoms. The van der Waals surface area contributed by atoms with Crippen LogP contribution in [0.2, 0.25) is 0 Å². The van der Waals surface area contributed by atoms with E-state index in [0.29, 0.717) is 24.4 Å². The summed E-state index contributed by atoms with van der Waals surface area (Å²) >= 11 is 0. The molecule has 1 saturated heterocycles. The van der Waals surface area contributed by atoms with Gasteiger partial charge in [0.1, 0.15) is 5.76 Å². The summed E-state index contributed by atoms with van der Waals surface area (Å²) in [6, 6.07) is 10.7. The van der Waals surface area contributed by atoms with Crippen LogP contribution in [0.1, 0.15) is 39.4 Å². The van der Waals surface area contributed by atoms with Crippen LogP contribution in [0.5, 0.6) is 0 Å². The van der Waals surface area contributed by atoms with Gasteiger partial charge in [0.15, 0.2) is 5.69 Å². The summed E-state index contributed by atoms with van der Waals surface area (Å²) in [6.45, 7) is 2.96. The van der Waals surface area contributed by atoms with Gasteiger partial charge in [-0.1, -0.05) is 23.4 Å². The van der Waals surface area contributed by atoms with E-state index in [1.165, 1.54) is 0 Å². The molecule has 0 unspecified atom stereocenters. The van der Waals surface area contributed by atoms with Crippen molar-refractivity contribution in [3.63, 3.8) is 0 Å². The maximum Gasteiger partial charge on any atom is 0.273 e. The first-order valence-electron chi connectivity index (χ1n) is 7.72. The fourth-order valence-electron chi connectivity index (χ4n) is 2.78. The largest absolute Gasteiger partial charge is 0.361 e. The van der Waals surface area contributed by atoms with E-state index in [4.69, 9.17) is 4.52 Å². The van der Waals surface area contributed by atoms with Gasteiger partial charge < -0.3 is 14.7 Å². The molecule has 2 heterocycles. The molecule has 0 aliphatic carbocycles. The maximum atomic E-state index is 12.5. The van der Waals surface area contributed by atoms with E-state index in [1.54, 1.807) is 17.9 Å². The number of piperidine rings is 1. The smallest absolute Gasteiger partial charge is 0.273 e. The van der Waals surface area contributed by atoms with Crippen LogP contribution in [-0.2, 0) is 0 Å². The number of carbonyl (C=O) groups excluding carboxylic acids is 2. The molecule has 0 spiro atoms. The van der Waals surface area contributed by atoms with Gasteiger partial charge in [-0.15, -0.1) is 0 Å². The third kappa shape index (κ3) is 3.59. The quantitative estimate of drug-likeness (QED) is 0.940. The van der Waals surface area contributed by atoms with E-state index < -0.39 is 0 Å². The molecule has 1 aromatic heterocycles. The molecule has 3 rings (SSSR count). The number of nitrogens with zero attached hydrogens (tertiary/aromatic N) is 2. The molecule has 0 bridgehead atoms. The van der Waals surface area contributed by atoms with Gasteiger partial charge in [0.25, 0.3) is 11.8 Å². The molecule has 120 valence electrons. The highest BCUT2D eigenvalue weighted by Crippen LogP contribution is 2.14. The second-order valence-electron chi connectivity index (χ2n) is 5.75. The molecule has 2 amide bonds. The zero-order chi connectivity index (χ0) is 16.2. The summed E-state index contributed by atoms with van der Waals surface area (Å²) in [4.78, 5) is 26.4. The number of hydrogen-bond donors (Lipinski definition) is 1. The Labute approximate surface area is 134 Å². The number of nitrogens with one attached hydrogen (secondary N) is 1. The minimum Gasteiger partial charge on any atom is -0.361 e. The lowest BCUT2D eigenvalue weighted by atomic mass is 10.0. The second kappa shape index (κ2) is 6.64. The molecule has 1 aromatic carbocycles. The van der Waals surface area contributed by atoms with E-state index in [-0.39, 0.29) is 23.6 Å². The highest BCUT2D eigenvalue weighted by atomic mass is 16.5. The van der Waals surface area contributed by atoms with Crippen LogP contribution in [-0.4, -0.2) is 41.0 Å². The summed E-state index contributed by atoms with van der Waals surface area (Å²) < 4.78 is 4.92. The highest BCUT2D eigenvalue weighted by molar-refractivity contribution is 5.94. The molecule has 2 aromatic rings. The van der Waals surface area contributed by atoms with Crippen LogP contribution < -0.4 is 5.32 Å². The topological polar surface area (TPSA) is 75.4 Å². The first-order valence-corrected chi connectivity index (χ1v) is 7.72. The van der Waals surface area contributed by atoms with Crippen LogP contribution in [0.3, 0.4) is 0 Å². The lowest BCUT2D eigenvalue weighted by Crippen LogP contribution is -2.49. The number of amides is 2. The maximum absolute atomic E-state index is 12.5. The number of likely N-dealkylation sites (tertiary alicyclic amines) is 1. The lowest BCUT2D eigenvalue weighted by Gasteiger charge is -2.33. The molecule has 1 fully saturated rings. The fourth-order valence-corrected chi connectivity index (χ4v) is 2.78. The molecule has 0 radical (unpaired) electrons. The number of aromatic nitrogens is 1. The first kappa shape index (κ1) is 15.3. The summed E-state index contributed by atoms with van der Waals surface area (Å²) in [5, 5.41) is 6.64. The molecule has 1 aliphatic heterocycles. The number of hydrogen-bond acceptors (Lipinski definition) is 4. The Morgan fingerprint density at radius 2 is 2.09 bits per heavy atom. The van der Waals surface area contributed by atoms with E-state index in [2.05, 4.69) is 10.5 Å². The molecule has 23 heavy (non-hydrogen) atoms. The van der Waals surface area contributed by atoms with Gasteiger partial charge in [-0.2, -0.15) is 0 Å². The Bertz CT molecular complexity index is 696. The summed E-state index contributed by atoms with van der Waals surface area (Å²) in [7, 11) is 0. The monoisotopic (exact) mass is 313 g/mol. The van der Waals surface area contributed by atoms with Crippen molar-refractivity contribution in [2.24, 2.45) is 0 Å². The SMILES string of the molecule is Cc1cc(C(=O)N[C@@H]2CCCN(C(=O)c3ccccc3)C2)no1. The predicted octanol–water partition coefficient (Wildman–Crippen LogP) is 2.02. The third-order valence-corrected chi connectivity index (χ3v) is 3.93. The van der Waals surface area contributed by atoms with Crippen LogP contribution in [0.25, 0.3) is 0 Å². The summed E-state index contributed by atoms with van der Waals surface area (Å²) in [6.07, 6.45) is 1.71. The van der Waals surface area contributed by atoms with E-state index in [1.807, 2.05) is 30.3 Å². The van der Waals surface area contributed by atoms with Crippen molar-refractivity contribution in [3.8, 4) is 0 Å². The van der Waals surface area contributed by atoms with Crippen molar-refractivity contribution in [3.05, 3.63) is 53.4 Å². The number of aryl methyl sites for hydroxylation is 1. The summed E-state index contributed by atoms with van der Waals surface area (Å²) in [5.74, 6) is 0.336. The average Bonchev–Trinajstić information content (AvgIpc) is 3.02. The average molecular weight is 313 g/mol. The molecule has 6 nitrogen and oxygen atoms in total. The predicted molar refractivity (Wildman–Crippen MR) is 84.1 cm³/mol. The van der Waals surface area contributed by atoms with Crippen molar-refractivity contribution < 1.29 is 14.1 Å². The Kier molecular flexibility index (Phi) is 4.41. The Morgan fingerprint density at radius 3 is 2.78 bits per heavy atom. The van der Waals surface area contributed by atoms with Crippen molar-refractivity contribution in [2.75, 3.05) is 13.1 Å². The van der Waals surface area contributed by atoms with Crippen LogP contribution >= 0.6 is 0 Å². The third-order valence-electron chi connectivity index (χ3n) is 3.93. The van der Waals surface area contributed by atoms with Gasteiger partial charge in [-0.3, -0.25) is 9.59 Å². The van der Waals surface area contributed by atoms with Crippen molar-refractivity contribution in [1.82, 2.24) is 15.4 Å². The Balaban J connectivity index is 1.62. The number of rotatable bonds is 3. The normalized spacial score (nSPS) is 17.8. The van der Waals surface area contributed by atoms with E-state index in [9.17, 15) is 9.59 Å². The number of benzene rings is 1. The molecule has 1 N–H and O–H groups in total. The molecule has 0 saturated carbocycles. The number of carbonyl (C=O) groups is 2. The lowest BCUT2D eigenvalue weighted by molar-refractivity contribution is 0.0674. The van der Waals surface area contributed by atoms with Gasteiger partial charge >= 0.3 is 0 Å². The van der Waals surface area contributed by atoms with Gasteiger partial charge in [0, 0.05) is 30.8 Å². The standard InChI is InChI=1S/C17H19N3O3/c1-12-10-15(19-23-12)16(21)18-14-8-5-9-20(11-14)17(22)13-6-3-2-4-7-13/h2-4,6-7,10,14H,5,8-9,11H2,1H3,(H,18,21)/t14-/m1/s1. The van der Waals surface area contributed by atoms with Crippen LogP contribution in [0.4, 0.5) is 0 Å². The minimum atomic E-state index is -0.263. The molecule has 1 atom stereocenters. The zero-order valence-corrected chi connectivity index (χ0v) is 13.0. The van der Waals surface area contributed by atoms with Crippen LogP contribution in [0.15, 0.2) is 40.9 Å². The fraction of sp³-hybridized carbons (Fsp3) is 0.353. The Morgan fingerprint density at radius 1 is 1.30 bits per heavy atom. The van der Waals surface area contributed by atoms with Crippen molar-refractivity contribution in [2.45, 2.75) is 25.8 Å². The van der Waals surface area contributed by atoms with E-state index in [0.717, 1.165) is 12.8 Å². The van der Waals surface area contributed by atoms with Gasteiger partial charge in [0.05, 0.1) is 0 Å². The van der Waals surface area contributed by atoms with Crippen molar-refractivity contribution in [1.29, 1.82) is 0 Å².